The van der Waals surface area contributed by atoms with Crippen molar-refractivity contribution in [2.45, 2.75) is 11.8 Å². The number of nitro groups is 1. The van der Waals surface area contributed by atoms with Crippen LogP contribution in [0.3, 0.4) is 0 Å². The Morgan fingerprint density at radius 1 is 1.31 bits per heavy atom. The van der Waals surface area contributed by atoms with Gasteiger partial charge in [-0.2, -0.15) is 0 Å². The number of hydrogen-bond acceptors (Lipinski definition) is 7. The van der Waals surface area contributed by atoms with Crippen molar-refractivity contribution >= 4 is 39.3 Å². The van der Waals surface area contributed by atoms with E-state index in [2.05, 4.69) is 9.71 Å². The molecule has 2 aromatic carbocycles. The van der Waals surface area contributed by atoms with Gasteiger partial charge in [-0.15, -0.1) is 0 Å². The van der Waals surface area contributed by atoms with E-state index in [-0.39, 0.29) is 22.8 Å². The Kier molecular flexibility index (Phi) is 5.33. The lowest BCUT2D eigenvalue weighted by Crippen LogP contribution is -2.20. The Bertz CT molecular complexity index is 1160. The van der Waals surface area contributed by atoms with Crippen molar-refractivity contribution in [3.63, 3.8) is 0 Å². The molecule has 0 fully saturated rings. The minimum atomic E-state index is -4.27. The predicted molar refractivity (Wildman–Crippen MR) is 107 cm³/mol. The molecule has 0 radical (unpaired) electrons. The van der Waals surface area contributed by atoms with Gasteiger partial charge in [0.15, 0.2) is 0 Å². The molecule has 0 aliphatic carbocycles. The molecule has 0 saturated heterocycles. The molecule has 1 aliphatic rings. The van der Waals surface area contributed by atoms with Crippen LogP contribution in [0, 0.1) is 17.0 Å². The fourth-order valence-electron chi connectivity index (χ4n) is 2.77. The van der Waals surface area contributed by atoms with Gasteiger partial charge in [0.1, 0.15) is 12.4 Å². The second kappa shape index (κ2) is 7.72. The van der Waals surface area contributed by atoms with Gasteiger partial charge in [-0.1, -0.05) is 6.07 Å². The maximum atomic E-state index is 12.7. The molecule has 29 heavy (non-hydrogen) atoms. The summed E-state index contributed by atoms with van der Waals surface area (Å²) in [6, 6.07) is 7.34. The molecular formula is C18H16N4O6S. The molecule has 2 aromatic rings. The van der Waals surface area contributed by atoms with E-state index < -0.39 is 26.6 Å². The first-order valence-corrected chi connectivity index (χ1v) is 9.76. The Hall–Kier alpha value is -3.73. The number of benzene rings is 2. The summed E-state index contributed by atoms with van der Waals surface area (Å²) >= 11 is 0. The van der Waals surface area contributed by atoms with Crippen LogP contribution >= 0.6 is 0 Å². The van der Waals surface area contributed by atoms with E-state index in [0.717, 1.165) is 6.07 Å². The number of nitro benzene ring substituents is 1. The fraction of sp³-hybridized carbons (Fsp3) is 0.111. The van der Waals surface area contributed by atoms with Gasteiger partial charge in [0.2, 0.25) is 0 Å². The van der Waals surface area contributed by atoms with Crippen LogP contribution in [0.1, 0.15) is 15.9 Å². The zero-order valence-corrected chi connectivity index (χ0v) is 16.0. The van der Waals surface area contributed by atoms with E-state index >= 15 is 0 Å². The minimum Gasteiger partial charge on any atom is -0.478 e. The Labute approximate surface area is 166 Å². The van der Waals surface area contributed by atoms with Gasteiger partial charge in [0.05, 0.1) is 15.4 Å². The van der Waals surface area contributed by atoms with E-state index in [9.17, 15) is 23.3 Å². The van der Waals surface area contributed by atoms with Crippen molar-refractivity contribution in [2.24, 2.45) is 4.99 Å². The van der Waals surface area contributed by atoms with E-state index in [0.29, 0.717) is 11.3 Å². The summed E-state index contributed by atoms with van der Waals surface area (Å²) in [6.45, 7) is 1.95. The fourth-order valence-corrected chi connectivity index (χ4v) is 3.88. The predicted octanol–water partition coefficient (Wildman–Crippen LogP) is 2.76. The number of nitrogens with one attached hydrogen (secondary N) is 1. The average Bonchev–Trinajstić information content (AvgIpc) is 2.69. The number of carboxylic acid groups (broad SMARTS) is 1. The summed E-state index contributed by atoms with van der Waals surface area (Å²) in [4.78, 5) is 27.4. The first-order chi connectivity index (χ1) is 13.7. The highest BCUT2D eigenvalue weighted by molar-refractivity contribution is 7.92. The number of nitrogens with zero attached hydrogens (tertiary/aromatic N) is 3. The number of allylic oxidation sites excluding steroid dienone is 1. The first kappa shape index (κ1) is 20.0. The minimum absolute atomic E-state index is 0.219. The highest BCUT2D eigenvalue weighted by Crippen LogP contribution is 2.35. The molecule has 0 aromatic heterocycles. The Morgan fingerprint density at radius 2 is 2.07 bits per heavy atom. The van der Waals surface area contributed by atoms with Crippen molar-refractivity contribution < 1.29 is 23.2 Å². The third-order valence-electron chi connectivity index (χ3n) is 4.15. The second-order valence-corrected chi connectivity index (χ2v) is 7.82. The van der Waals surface area contributed by atoms with Crippen LogP contribution in [0.15, 0.2) is 58.6 Å². The standard InChI is InChI=1S/C18H16N4O6S/c1-12-8-17(22(25)26)15(10-16(12)21-7-3-6-19-11-21)20-29(27,28)14-5-2-4-13(9-14)18(23)24/h2-10,20H,11H2,1H3,(H,23,24). The number of aryl methyl sites for hydroxylation is 1. The SMILES string of the molecule is Cc1cc([N+](=O)[O-])c(NS(=O)(=O)c2cccc(C(=O)O)c2)cc1N1C=CC=NC1. The molecule has 0 unspecified atom stereocenters. The van der Waals surface area contributed by atoms with Crippen molar-refractivity contribution in [2.75, 3.05) is 16.3 Å². The van der Waals surface area contributed by atoms with Gasteiger partial charge in [0.25, 0.3) is 15.7 Å². The summed E-state index contributed by atoms with van der Waals surface area (Å²) in [5, 5.41) is 20.5. The zero-order valence-electron chi connectivity index (χ0n) is 15.1. The third-order valence-corrected chi connectivity index (χ3v) is 5.51. The normalized spacial score (nSPS) is 13.3. The molecule has 0 amide bonds. The van der Waals surface area contributed by atoms with E-state index in [4.69, 9.17) is 5.11 Å². The smallest absolute Gasteiger partial charge is 0.335 e. The van der Waals surface area contributed by atoms with Gasteiger partial charge < -0.3 is 10.0 Å². The number of rotatable bonds is 6. The lowest BCUT2D eigenvalue weighted by Gasteiger charge is -2.23. The van der Waals surface area contributed by atoms with Crippen molar-refractivity contribution in [1.29, 1.82) is 0 Å². The zero-order chi connectivity index (χ0) is 21.2. The molecule has 3 rings (SSSR count). The highest BCUT2D eigenvalue weighted by Gasteiger charge is 2.24. The number of aliphatic imine (C=N–C) groups is 1. The van der Waals surface area contributed by atoms with Crippen molar-refractivity contribution in [3.8, 4) is 0 Å². The quantitative estimate of drug-likeness (QED) is 0.544. The number of carbonyl (C=O) groups is 1. The van der Waals surface area contributed by atoms with E-state index in [1.165, 1.54) is 30.3 Å². The molecule has 0 spiro atoms. The molecule has 1 heterocycles. The summed E-state index contributed by atoms with van der Waals surface area (Å²) in [5.41, 5.74) is 0.228. The maximum absolute atomic E-state index is 12.7. The molecule has 11 heteroatoms. The molecule has 2 N–H and O–H groups in total. The van der Waals surface area contributed by atoms with Crippen LogP contribution in [0.4, 0.5) is 17.1 Å². The van der Waals surface area contributed by atoms with Crippen LogP contribution in [-0.2, 0) is 10.0 Å². The van der Waals surface area contributed by atoms with Gasteiger partial charge in [-0.3, -0.25) is 19.8 Å². The van der Waals surface area contributed by atoms with E-state index in [1.54, 1.807) is 30.3 Å². The summed E-state index contributed by atoms with van der Waals surface area (Å²) < 4.78 is 27.7. The highest BCUT2D eigenvalue weighted by atomic mass is 32.2. The van der Waals surface area contributed by atoms with Gasteiger partial charge >= 0.3 is 5.97 Å². The molecular weight excluding hydrogens is 400 g/mol. The van der Waals surface area contributed by atoms with Crippen LogP contribution in [0.5, 0.6) is 0 Å². The topological polar surface area (TPSA) is 142 Å². The molecule has 1 aliphatic heterocycles. The summed E-state index contributed by atoms with van der Waals surface area (Å²) in [5.74, 6) is -1.29. The number of carboxylic acids is 1. The monoisotopic (exact) mass is 416 g/mol. The number of anilines is 2. The van der Waals surface area contributed by atoms with Gasteiger partial charge in [-0.05, 0) is 42.8 Å². The van der Waals surface area contributed by atoms with Gasteiger partial charge in [-0.25, -0.2) is 13.2 Å². The van der Waals surface area contributed by atoms with Crippen LogP contribution in [0.2, 0.25) is 0 Å². The molecule has 0 atom stereocenters. The number of aromatic carboxylic acids is 1. The van der Waals surface area contributed by atoms with Crippen LogP contribution in [-0.4, -0.2) is 37.3 Å². The molecule has 0 saturated carbocycles. The maximum Gasteiger partial charge on any atom is 0.335 e. The molecule has 0 bridgehead atoms. The number of sulfonamides is 1. The Balaban J connectivity index is 2.05. The Morgan fingerprint density at radius 3 is 2.69 bits per heavy atom. The average molecular weight is 416 g/mol. The molecule has 150 valence electrons. The van der Waals surface area contributed by atoms with Crippen LogP contribution < -0.4 is 9.62 Å². The second-order valence-electron chi connectivity index (χ2n) is 6.14. The first-order valence-electron chi connectivity index (χ1n) is 8.27. The largest absolute Gasteiger partial charge is 0.478 e. The van der Waals surface area contributed by atoms with Crippen LogP contribution in [0.25, 0.3) is 0 Å². The van der Waals surface area contributed by atoms with E-state index in [1.807, 2.05) is 0 Å². The van der Waals surface area contributed by atoms with Crippen molar-refractivity contribution in [1.82, 2.24) is 0 Å². The van der Waals surface area contributed by atoms with Gasteiger partial charge in [0, 0.05) is 24.2 Å². The summed E-state index contributed by atoms with van der Waals surface area (Å²) in [6.07, 6.45) is 5.01. The lowest BCUT2D eigenvalue weighted by atomic mass is 10.1. The van der Waals surface area contributed by atoms with Crippen molar-refractivity contribution in [3.05, 3.63) is 69.9 Å². The molecule has 10 nitrogen and oxygen atoms in total. The number of hydrogen-bond donors (Lipinski definition) is 2. The summed E-state index contributed by atoms with van der Waals surface area (Å²) in [7, 11) is -4.27. The third kappa shape index (κ3) is 4.24. The lowest BCUT2D eigenvalue weighted by molar-refractivity contribution is -0.383.